The number of rotatable bonds is 4. The number of halogens is 2. The van der Waals surface area contributed by atoms with Crippen LogP contribution < -0.4 is 10.4 Å². The molecule has 2 aromatic carbocycles. The molecule has 0 aliphatic rings. The standard InChI is InChI=1S/C16H14BrFN4O2/c1-10-4-3-5-14(22-16(23)21(2)19-20-22)12(10)9-24-15-8-11(17)6-7-13(15)18/h3-8H,9H2,1-2H3. The van der Waals surface area contributed by atoms with Crippen molar-refractivity contribution in [2.24, 2.45) is 7.05 Å². The number of ether oxygens (including phenoxy) is 1. The molecular formula is C16H14BrFN4O2. The summed E-state index contributed by atoms with van der Waals surface area (Å²) in [5, 5.41) is 7.57. The van der Waals surface area contributed by atoms with Crippen LogP contribution in [-0.2, 0) is 13.7 Å². The molecule has 0 bridgehead atoms. The zero-order chi connectivity index (χ0) is 17.3. The number of aryl methyl sites for hydroxylation is 2. The van der Waals surface area contributed by atoms with E-state index < -0.39 is 5.82 Å². The number of hydrogen-bond acceptors (Lipinski definition) is 4. The van der Waals surface area contributed by atoms with E-state index in [1.165, 1.54) is 17.8 Å². The van der Waals surface area contributed by atoms with Gasteiger partial charge in [0.1, 0.15) is 6.61 Å². The zero-order valence-corrected chi connectivity index (χ0v) is 14.6. The van der Waals surface area contributed by atoms with Gasteiger partial charge in [-0.1, -0.05) is 28.1 Å². The van der Waals surface area contributed by atoms with Crippen molar-refractivity contribution in [3.05, 3.63) is 68.3 Å². The fourth-order valence-electron chi connectivity index (χ4n) is 2.28. The highest BCUT2D eigenvalue weighted by atomic mass is 79.9. The minimum atomic E-state index is -0.454. The quantitative estimate of drug-likeness (QED) is 0.684. The second-order valence-electron chi connectivity index (χ2n) is 5.23. The van der Waals surface area contributed by atoms with Crippen LogP contribution in [0.15, 0.2) is 45.7 Å². The van der Waals surface area contributed by atoms with Crippen molar-refractivity contribution in [1.29, 1.82) is 0 Å². The average molecular weight is 393 g/mol. The summed E-state index contributed by atoms with van der Waals surface area (Å²) < 4.78 is 22.5. The van der Waals surface area contributed by atoms with E-state index in [-0.39, 0.29) is 18.0 Å². The Balaban J connectivity index is 1.98. The topological polar surface area (TPSA) is 61.9 Å². The van der Waals surface area contributed by atoms with Crippen LogP contribution in [0, 0.1) is 12.7 Å². The third-order valence-electron chi connectivity index (χ3n) is 3.60. The fourth-order valence-corrected chi connectivity index (χ4v) is 2.62. The van der Waals surface area contributed by atoms with Gasteiger partial charge in [-0.2, -0.15) is 9.36 Å². The molecule has 0 unspecified atom stereocenters. The Labute approximate surface area is 145 Å². The first-order chi connectivity index (χ1) is 11.5. The Bertz CT molecular complexity index is 951. The molecule has 0 fully saturated rings. The molecule has 0 amide bonds. The summed E-state index contributed by atoms with van der Waals surface area (Å²) in [5.41, 5.74) is 1.83. The molecule has 6 nitrogen and oxygen atoms in total. The lowest BCUT2D eigenvalue weighted by molar-refractivity contribution is 0.289. The van der Waals surface area contributed by atoms with Crippen LogP contribution in [0.25, 0.3) is 5.69 Å². The van der Waals surface area contributed by atoms with Gasteiger partial charge in [-0.3, -0.25) is 0 Å². The van der Waals surface area contributed by atoms with Crippen LogP contribution in [0.3, 0.4) is 0 Å². The largest absolute Gasteiger partial charge is 0.486 e. The number of nitrogens with zero attached hydrogens (tertiary/aromatic N) is 4. The van der Waals surface area contributed by atoms with E-state index in [9.17, 15) is 9.18 Å². The van der Waals surface area contributed by atoms with Crippen molar-refractivity contribution in [2.45, 2.75) is 13.5 Å². The molecule has 0 aliphatic carbocycles. The maximum absolute atomic E-state index is 13.8. The second-order valence-corrected chi connectivity index (χ2v) is 6.15. The van der Waals surface area contributed by atoms with Gasteiger partial charge in [-0.05, 0) is 47.2 Å². The Hall–Kier alpha value is -2.48. The van der Waals surface area contributed by atoms with Crippen LogP contribution in [0.4, 0.5) is 4.39 Å². The molecule has 1 aromatic heterocycles. The number of aromatic nitrogens is 4. The summed E-state index contributed by atoms with van der Waals surface area (Å²) in [4.78, 5) is 12.1. The maximum atomic E-state index is 13.8. The minimum Gasteiger partial charge on any atom is -0.486 e. The van der Waals surface area contributed by atoms with Gasteiger partial charge in [0.2, 0.25) is 0 Å². The monoisotopic (exact) mass is 392 g/mol. The van der Waals surface area contributed by atoms with Crippen molar-refractivity contribution < 1.29 is 9.13 Å². The SMILES string of the molecule is Cc1cccc(-n2nnn(C)c2=O)c1COc1cc(Br)ccc1F. The molecule has 24 heavy (non-hydrogen) atoms. The maximum Gasteiger partial charge on any atom is 0.368 e. The first-order valence-corrected chi connectivity index (χ1v) is 7.92. The van der Waals surface area contributed by atoms with Gasteiger partial charge < -0.3 is 4.74 Å². The van der Waals surface area contributed by atoms with Gasteiger partial charge in [-0.25, -0.2) is 9.18 Å². The molecule has 0 radical (unpaired) electrons. The average Bonchev–Trinajstić information content (AvgIpc) is 2.88. The van der Waals surface area contributed by atoms with E-state index in [4.69, 9.17) is 4.74 Å². The minimum absolute atomic E-state index is 0.0956. The molecule has 0 saturated carbocycles. The van der Waals surface area contributed by atoms with Crippen LogP contribution in [-0.4, -0.2) is 19.8 Å². The normalized spacial score (nSPS) is 10.8. The van der Waals surface area contributed by atoms with Crippen molar-refractivity contribution in [1.82, 2.24) is 19.8 Å². The summed E-state index contributed by atoms with van der Waals surface area (Å²) >= 11 is 3.29. The predicted octanol–water partition coefficient (Wildman–Crippen LogP) is 2.76. The highest BCUT2D eigenvalue weighted by Gasteiger charge is 2.14. The summed E-state index contributed by atoms with van der Waals surface area (Å²) in [6.07, 6.45) is 0. The summed E-state index contributed by atoms with van der Waals surface area (Å²) in [5.74, 6) is -0.324. The van der Waals surface area contributed by atoms with Crippen molar-refractivity contribution in [3.8, 4) is 11.4 Å². The van der Waals surface area contributed by atoms with Crippen LogP contribution in [0.1, 0.15) is 11.1 Å². The second kappa shape index (κ2) is 6.56. The lowest BCUT2D eigenvalue weighted by Gasteiger charge is -2.13. The van der Waals surface area contributed by atoms with Crippen LogP contribution in [0.2, 0.25) is 0 Å². The lowest BCUT2D eigenvalue weighted by atomic mass is 10.1. The fraction of sp³-hybridized carbons (Fsp3) is 0.188. The third kappa shape index (κ3) is 3.09. The molecular weight excluding hydrogens is 379 g/mol. The van der Waals surface area contributed by atoms with Gasteiger partial charge in [0.25, 0.3) is 0 Å². The van der Waals surface area contributed by atoms with Crippen molar-refractivity contribution >= 4 is 15.9 Å². The smallest absolute Gasteiger partial charge is 0.368 e. The van der Waals surface area contributed by atoms with Gasteiger partial charge in [0, 0.05) is 17.1 Å². The van der Waals surface area contributed by atoms with E-state index in [0.29, 0.717) is 10.2 Å². The summed E-state index contributed by atoms with van der Waals surface area (Å²) in [7, 11) is 1.52. The van der Waals surface area contributed by atoms with E-state index in [1.807, 2.05) is 19.1 Å². The van der Waals surface area contributed by atoms with Gasteiger partial charge in [0.15, 0.2) is 11.6 Å². The molecule has 8 heteroatoms. The molecule has 0 N–H and O–H groups in total. The Morgan fingerprint density at radius 3 is 2.75 bits per heavy atom. The highest BCUT2D eigenvalue weighted by molar-refractivity contribution is 9.10. The summed E-state index contributed by atoms with van der Waals surface area (Å²) in [6, 6.07) is 9.93. The Morgan fingerprint density at radius 1 is 1.25 bits per heavy atom. The molecule has 3 rings (SSSR count). The molecule has 1 heterocycles. The number of hydrogen-bond donors (Lipinski definition) is 0. The predicted molar refractivity (Wildman–Crippen MR) is 89.8 cm³/mol. The molecule has 0 spiro atoms. The highest BCUT2D eigenvalue weighted by Crippen LogP contribution is 2.25. The van der Waals surface area contributed by atoms with Gasteiger partial charge >= 0.3 is 5.69 Å². The van der Waals surface area contributed by atoms with E-state index in [2.05, 4.69) is 26.4 Å². The molecule has 3 aromatic rings. The molecule has 0 aliphatic heterocycles. The number of tetrazole rings is 1. The van der Waals surface area contributed by atoms with Gasteiger partial charge in [0.05, 0.1) is 5.69 Å². The van der Waals surface area contributed by atoms with Crippen molar-refractivity contribution in [2.75, 3.05) is 0 Å². The first kappa shape index (κ1) is 16.4. The molecule has 0 saturated heterocycles. The van der Waals surface area contributed by atoms with Crippen LogP contribution >= 0.6 is 15.9 Å². The molecule has 0 atom stereocenters. The summed E-state index contributed by atoms with van der Waals surface area (Å²) in [6.45, 7) is 1.99. The first-order valence-electron chi connectivity index (χ1n) is 7.13. The Kier molecular flexibility index (Phi) is 4.48. The zero-order valence-electron chi connectivity index (χ0n) is 13.0. The number of benzene rings is 2. The van der Waals surface area contributed by atoms with E-state index >= 15 is 0 Å². The van der Waals surface area contributed by atoms with E-state index in [1.54, 1.807) is 18.2 Å². The Morgan fingerprint density at radius 2 is 2.04 bits per heavy atom. The lowest BCUT2D eigenvalue weighted by Crippen LogP contribution is -2.23. The molecule has 124 valence electrons. The van der Waals surface area contributed by atoms with Gasteiger partial charge in [-0.15, -0.1) is 0 Å². The third-order valence-corrected chi connectivity index (χ3v) is 4.09. The van der Waals surface area contributed by atoms with Crippen LogP contribution in [0.5, 0.6) is 5.75 Å². The van der Waals surface area contributed by atoms with Crippen molar-refractivity contribution in [3.63, 3.8) is 0 Å². The van der Waals surface area contributed by atoms with E-state index in [0.717, 1.165) is 15.8 Å².